The predicted octanol–water partition coefficient (Wildman–Crippen LogP) is 1.69. The predicted molar refractivity (Wildman–Crippen MR) is 69.6 cm³/mol. The number of ether oxygens (including phenoxy) is 1. The molecule has 0 amide bonds. The van der Waals surface area contributed by atoms with Crippen molar-refractivity contribution in [2.24, 2.45) is 0 Å². The summed E-state index contributed by atoms with van der Waals surface area (Å²) in [4.78, 5) is 0. The summed E-state index contributed by atoms with van der Waals surface area (Å²) >= 11 is 1.82. The Labute approximate surface area is 98.7 Å². The minimum absolute atomic E-state index is 0.189. The monoisotopic (exact) mass is 234 g/mol. The molecule has 0 aliphatic heterocycles. The van der Waals surface area contributed by atoms with E-state index in [1.54, 1.807) is 0 Å². The molecule has 1 unspecified atom stereocenters. The molecule has 15 heavy (non-hydrogen) atoms. The summed E-state index contributed by atoms with van der Waals surface area (Å²) in [6, 6.07) is 0. The summed E-state index contributed by atoms with van der Waals surface area (Å²) in [6.45, 7) is 12.1. The third-order valence-electron chi connectivity index (χ3n) is 1.93. The first-order chi connectivity index (χ1) is 6.95. The molecule has 0 aromatic carbocycles. The zero-order chi connectivity index (χ0) is 11.7. The molecule has 0 aliphatic rings. The van der Waals surface area contributed by atoms with E-state index in [4.69, 9.17) is 4.74 Å². The van der Waals surface area contributed by atoms with Gasteiger partial charge in [0.1, 0.15) is 0 Å². The fourth-order valence-electron chi connectivity index (χ4n) is 1.02. The molecule has 4 heteroatoms. The number of nitrogens with one attached hydrogen (secondary N) is 2. The second-order valence-corrected chi connectivity index (χ2v) is 5.80. The summed E-state index contributed by atoms with van der Waals surface area (Å²) < 4.78 is 5.49. The minimum Gasteiger partial charge on any atom is -0.379 e. The molecule has 0 fully saturated rings. The third kappa shape index (κ3) is 12.2. The van der Waals surface area contributed by atoms with E-state index in [2.05, 4.69) is 44.6 Å². The van der Waals surface area contributed by atoms with E-state index in [-0.39, 0.29) is 5.54 Å². The van der Waals surface area contributed by atoms with Crippen molar-refractivity contribution in [3.05, 3.63) is 0 Å². The van der Waals surface area contributed by atoms with Crippen LogP contribution in [0.25, 0.3) is 0 Å². The van der Waals surface area contributed by atoms with Gasteiger partial charge in [0.2, 0.25) is 0 Å². The van der Waals surface area contributed by atoms with Gasteiger partial charge in [0.25, 0.3) is 0 Å². The second kappa shape index (κ2) is 8.39. The van der Waals surface area contributed by atoms with Gasteiger partial charge in [0.15, 0.2) is 0 Å². The van der Waals surface area contributed by atoms with Crippen LogP contribution in [0.3, 0.4) is 0 Å². The second-order valence-electron chi connectivity index (χ2n) is 4.62. The average molecular weight is 234 g/mol. The van der Waals surface area contributed by atoms with E-state index >= 15 is 0 Å². The Morgan fingerprint density at radius 3 is 2.33 bits per heavy atom. The summed E-state index contributed by atoms with van der Waals surface area (Å²) in [6.07, 6.45) is 2.10. The molecule has 0 rings (SSSR count). The van der Waals surface area contributed by atoms with Gasteiger partial charge in [0.05, 0.1) is 18.6 Å². The highest BCUT2D eigenvalue weighted by molar-refractivity contribution is 7.99. The van der Waals surface area contributed by atoms with Crippen LogP contribution in [0.4, 0.5) is 0 Å². The van der Waals surface area contributed by atoms with Crippen LogP contribution in [-0.2, 0) is 4.74 Å². The Morgan fingerprint density at radius 2 is 1.80 bits per heavy atom. The van der Waals surface area contributed by atoms with Crippen molar-refractivity contribution in [2.45, 2.75) is 38.6 Å². The zero-order valence-corrected chi connectivity index (χ0v) is 11.5. The standard InChI is InChI=1S/C11H26N2OS/c1-10(15-5)12-6-8-14-9-7-13-11(2,3)4/h10,12-13H,6-9H2,1-5H3. The Bertz CT molecular complexity index is 148. The molecule has 92 valence electrons. The van der Waals surface area contributed by atoms with Crippen LogP contribution in [0.15, 0.2) is 0 Å². The van der Waals surface area contributed by atoms with E-state index in [0.717, 1.165) is 26.3 Å². The third-order valence-corrected chi connectivity index (χ3v) is 2.81. The van der Waals surface area contributed by atoms with Crippen molar-refractivity contribution in [1.82, 2.24) is 10.6 Å². The first-order valence-corrected chi connectivity index (χ1v) is 6.83. The van der Waals surface area contributed by atoms with Gasteiger partial charge in [-0.15, -0.1) is 11.8 Å². The van der Waals surface area contributed by atoms with Gasteiger partial charge >= 0.3 is 0 Å². The number of rotatable bonds is 8. The molecule has 0 aromatic heterocycles. The quantitative estimate of drug-likeness (QED) is 0.495. The molecule has 2 N–H and O–H groups in total. The van der Waals surface area contributed by atoms with E-state index in [9.17, 15) is 0 Å². The number of hydrogen-bond acceptors (Lipinski definition) is 4. The number of thioether (sulfide) groups is 1. The topological polar surface area (TPSA) is 33.3 Å². The molecule has 3 nitrogen and oxygen atoms in total. The van der Waals surface area contributed by atoms with Crippen molar-refractivity contribution >= 4 is 11.8 Å². The molecule has 0 spiro atoms. The SMILES string of the molecule is CSC(C)NCCOCCNC(C)(C)C. The minimum atomic E-state index is 0.189. The molecule has 0 bridgehead atoms. The molecule has 0 aliphatic carbocycles. The van der Waals surface area contributed by atoms with E-state index in [0.29, 0.717) is 5.37 Å². The van der Waals surface area contributed by atoms with E-state index < -0.39 is 0 Å². The Kier molecular flexibility index (Phi) is 8.52. The lowest BCUT2D eigenvalue weighted by Gasteiger charge is -2.20. The Balaban J connectivity index is 3.12. The van der Waals surface area contributed by atoms with Gasteiger partial charge in [-0.2, -0.15) is 0 Å². The van der Waals surface area contributed by atoms with Gasteiger partial charge in [0, 0.05) is 18.6 Å². The lowest BCUT2D eigenvalue weighted by molar-refractivity contribution is 0.132. The zero-order valence-electron chi connectivity index (χ0n) is 10.7. The van der Waals surface area contributed by atoms with Crippen molar-refractivity contribution in [3.8, 4) is 0 Å². The molecule has 0 heterocycles. The van der Waals surface area contributed by atoms with Crippen LogP contribution >= 0.6 is 11.8 Å². The largest absolute Gasteiger partial charge is 0.379 e. The van der Waals surface area contributed by atoms with Crippen LogP contribution in [0.2, 0.25) is 0 Å². The molecular formula is C11H26N2OS. The highest BCUT2D eigenvalue weighted by Crippen LogP contribution is 1.99. The maximum absolute atomic E-state index is 5.49. The summed E-state index contributed by atoms with van der Waals surface area (Å²) in [5.74, 6) is 0. The fourth-order valence-corrected chi connectivity index (χ4v) is 1.30. The molecular weight excluding hydrogens is 208 g/mol. The summed E-state index contributed by atoms with van der Waals surface area (Å²) in [5, 5.41) is 7.26. The van der Waals surface area contributed by atoms with Gasteiger partial charge in [-0.25, -0.2) is 0 Å². The van der Waals surface area contributed by atoms with Crippen LogP contribution in [0, 0.1) is 0 Å². The molecule has 0 saturated carbocycles. The smallest absolute Gasteiger partial charge is 0.0591 e. The highest BCUT2D eigenvalue weighted by atomic mass is 32.2. The Hall–Kier alpha value is 0.230. The average Bonchev–Trinajstić information content (AvgIpc) is 2.14. The maximum Gasteiger partial charge on any atom is 0.0591 e. The first kappa shape index (κ1) is 15.2. The van der Waals surface area contributed by atoms with Gasteiger partial charge in [-0.05, 0) is 34.0 Å². The van der Waals surface area contributed by atoms with Crippen LogP contribution in [-0.4, -0.2) is 43.5 Å². The first-order valence-electron chi connectivity index (χ1n) is 5.54. The molecule has 0 radical (unpaired) electrons. The molecule has 0 saturated heterocycles. The molecule has 1 atom stereocenters. The maximum atomic E-state index is 5.49. The molecule has 0 aromatic rings. The van der Waals surface area contributed by atoms with Crippen molar-refractivity contribution in [3.63, 3.8) is 0 Å². The van der Waals surface area contributed by atoms with Crippen LogP contribution in [0.5, 0.6) is 0 Å². The Morgan fingerprint density at radius 1 is 1.20 bits per heavy atom. The van der Waals surface area contributed by atoms with Crippen LogP contribution in [0.1, 0.15) is 27.7 Å². The summed E-state index contributed by atoms with van der Waals surface area (Å²) in [7, 11) is 0. The van der Waals surface area contributed by atoms with Gasteiger partial charge in [-0.3, -0.25) is 0 Å². The van der Waals surface area contributed by atoms with Crippen molar-refractivity contribution in [2.75, 3.05) is 32.6 Å². The van der Waals surface area contributed by atoms with E-state index in [1.807, 2.05) is 11.8 Å². The van der Waals surface area contributed by atoms with Gasteiger partial charge < -0.3 is 15.4 Å². The van der Waals surface area contributed by atoms with Crippen molar-refractivity contribution in [1.29, 1.82) is 0 Å². The lowest BCUT2D eigenvalue weighted by atomic mass is 10.1. The van der Waals surface area contributed by atoms with E-state index in [1.165, 1.54) is 0 Å². The van der Waals surface area contributed by atoms with Crippen LogP contribution < -0.4 is 10.6 Å². The lowest BCUT2D eigenvalue weighted by Crippen LogP contribution is -2.38. The number of hydrogen-bond donors (Lipinski definition) is 2. The highest BCUT2D eigenvalue weighted by Gasteiger charge is 2.06. The summed E-state index contributed by atoms with van der Waals surface area (Å²) in [5.41, 5.74) is 0.189. The fraction of sp³-hybridized carbons (Fsp3) is 1.00. The normalized spacial score (nSPS) is 14.2. The van der Waals surface area contributed by atoms with Crippen molar-refractivity contribution < 1.29 is 4.74 Å². The van der Waals surface area contributed by atoms with Gasteiger partial charge in [-0.1, -0.05) is 0 Å².